The van der Waals surface area contributed by atoms with Gasteiger partial charge in [-0.3, -0.25) is 9.59 Å². The predicted octanol–water partition coefficient (Wildman–Crippen LogP) is 2.01. The number of hydrogen-bond donors (Lipinski definition) is 2. The number of carbonyl (C=O) groups excluding carboxylic acids is 1. The Balaban J connectivity index is 1.87. The highest BCUT2D eigenvalue weighted by Gasteiger charge is 2.29. The predicted molar refractivity (Wildman–Crippen MR) is 89.0 cm³/mol. The summed E-state index contributed by atoms with van der Waals surface area (Å²) in [5.41, 5.74) is 0.894. The molecule has 0 spiro atoms. The van der Waals surface area contributed by atoms with Crippen molar-refractivity contribution in [3.63, 3.8) is 0 Å². The molecule has 132 valence electrons. The maximum atomic E-state index is 12.0. The molecule has 1 aliphatic heterocycles. The summed E-state index contributed by atoms with van der Waals surface area (Å²) in [7, 11) is 0. The summed E-state index contributed by atoms with van der Waals surface area (Å²) >= 11 is 0. The van der Waals surface area contributed by atoms with Crippen molar-refractivity contribution in [2.75, 3.05) is 13.2 Å². The molecule has 0 radical (unpaired) electrons. The van der Waals surface area contributed by atoms with Crippen LogP contribution in [0, 0.1) is 5.92 Å². The van der Waals surface area contributed by atoms with Crippen molar-refractivity contribution >= 4 is 11.9 Å². The highest BCUT2D eigenvalue weighted by molar-refractivity contribution is 5.81. The first-order chi connectivity index (χ1) is 11.5. The second kappa shape index (κ2) is 8.68. The van der Waals surface area contributed by atoms with Gasteiger partial charge in [-0.1, -0.05) is 12.1 Å². The molecule has 1 heterocycles. The van der Waals surface area contributed by atoms with Crippen molar-refractivity contribution in [2.24, 2.45) is 5.92 Å². The maximum absolute atomic E-state index is 12.0. The van der Waals surface area contributed by atoms with E-state index >= 15 is 0 Å². The Labute approximate surface area is 142 Å². The summed E-state index contributed by atoms with van der Waals surface area (Å²) in [5, 5.41) is 12.1. The molecular formula is C18H25NO5. The molecular weight excluding hydrogens is 310 g/mol. The minimum absolute atomic E-state index is 0.0832. The van der Waals surface area contributed by atoms with Crippen LogP contribution < -0.4 is 10.1 Å². The zero-order chi connectivity index (χ0) is 17.5. The Morgan fingerprint density at radius 3 is 2.58 bits per heavy atom. The molecule has 24 heavy (non-hydrogen) atoms. The number of carbonyl (C=O) groups is 2. The minimum Gasteiger partial charge on any atom is -0.494 e. The van der Waals surface area contributed by atoms with Crippen LogP contribution in [0.25, 0.3) is 0 Å². The first kappa shape index (κ1) is 18.3. The molecule has 6 nitrogen and oxygen atoms in total. The van der Waals surface area contributed by atoms with Crippen LogP contribution in [0.1, 0.15) is 32.3 Å². The summed E-state index contributed by atoms with van der Waals surface area (Å²) in [6.45, 7) is 4.52. The van der Waals surface area contributed by atoms with Crippen molar-refractivity contribution in [3.05, 3.63) is 29.8 Å². The average Bonchev–Trinajstić information content (AvgIpc) is 2.99. The summed E-state index contributed by atoms with van der Waals surface area (Å²) in [6, 6.07) is 7.35. The average molecular weight is 335 g/mol. The Bertz CT molecular complexity index is 557. The van der Waals surface area contributed by atoms with E-state index in [1.165, 1.54) is 0 Å². The maximum Gasteiger partial charge on any atom is 0.308 e. The Hall–Kier alpha value is -2.08. The van der Waals surface area contributed by atoms with E-state index in [1.807, 2.05) is 38.1 Å². The van der Waals surface area contributed by atoms with Gasteiger partial charge in [-0.15, -0.1) is 0 Å². The van der Waals surface area contributed by atoms with E-state index in [1.54, 1.807) is 0 Å². The number of hydrogen-bond acceptors (Lipinski definition) is 4. The SMILES string of the molecule is CCOc1ccc(CC(CNC(=O)C2CCC(C)O2)C(=O)O)cc1. The van der Waals surface area contributed by atoms with E-state index in [9.17, 15) is 14.7 Å². The molecule has 0 aliphatic carbocycles. The van der Waals surface area contributed by atoms with Crippen LogP contribution in [0.5, 0.6) is 5.75 Å². The van der Waals surface area contributed by atoms with Crippen LogP contribution in [0.4, 0.5) is 0 Å². The highest BCUT2D eigenvalue weighted by atomic mass is 16.5. The summed E-state index contributed by atoms with van der Waals surface area (Å²) in [6.07, 6.45) is 1.51. The third-order valence-electron chi connectivity index (χ3n) is 4.11. The molecule has 0 bridgehead atoms. The molecule has 3 unspecified atom stereocenters. The largest absolute Gasteiger partial charge is 0.494 e. The van der Waals surface area contributed by atoms with E-state index in [0.717, 1.165) is 17.7 Å². The van der Waals surface area contributed by atoms with E-state index in [-0.39, 0.29) is 18.6 Å². The molecule has 2 rings (SSSR count). The van der Waals surface area contributed by atoms with Crippen LogP contribution in [-0.4, -0.2) is 42.3 Å². The van der Waals surface area contributed by atoms with Crippen molar-refractivity contribution < 1.29 is 24.2 Å². The molecule has 6 heteroatoms. The van der Waals surface area contributed by atoms with Crippen LogP contribution >= 0.6 is 0 Å². The van der Waals surface area contributed by atoms with Gasteiger partial charge in [-0.05, 0) is 50.8 Å². The number of rotatable bonds is 8. The molecule has 0 saturated carbocycles. The third-order valence-corrected chi connectivity index (χ3v) is 4.11. The quantitative estimate of drug-likeness (QED) is 0.759. The number of nitrogens with one attached hydrogen (secondary N) is 1. The molecule has 1 aromatic rings. The first-order valence-electron chi connectivity index (χ1n) is 8.37. The van der Waals surface area contributed by atoms with Gasteiger partial charge in [0.1, 0.15) is 11.9 Å². The fourth-order valence-electron chi connectivity index (χ4n) is 2.75. The second-order valence-electron chi connectivity index (χ2n) is 6.07. The smallest absolute Gasteiger partial charge is 0.308 e. The standard InChI is InChI=1S/C18H25NO5/c1-3-23-15-7-5-13(6-8-15)10-14(18(21)22)11-19-17(20)16-9-4-12(2)24-16/h5-8,12,14,16H,3-4,9-11H2,1-2H3,(H,19,20)(H,21,22). The lowest BCUT2D eigenvalue weighted by Gasteiger charge is -2.16. The van der Waals surface area contributed by atoms with Gasteiger partial charge >= 0.3 is 5.97 Å². The number of ether oxygens (including phenoxy) is 2. The number of carboxylic acid groups (broad SMARTS) is 1. The van der Waals surface area contributed by atoms with Crippen LogP contribution in [-0.2, 0) is 20.7 Å². The molecule has 2 N–H and O–H groups in total. The summed E-state index contributed by atoms with van der Waals surface area (Å²) in [5.74, 6) is -1.07. The molecule has 1 saturated heterocycles. The van der Waals surface area contributed by atoms with E-state index in [0.29, 0.717) is 19.4 Å². The van der Waals surface area contributed by atoms with Crippen LogP contribution in [0.2, 0.25) is 0 Å². The Kier molecular flexibility index (Phi) is 6.61. The van der Waals surface area contributed by atoms with Gasteiger partial charge in [0.2, 0.25) is 5.91 Å². The van der Waals surface area contributed by atoms with Crippen LogP contribution in [0.3, 0.4) is 0 Å². The Morgan fingerprint density at radius 2 is 2.04 bits per heavy atom. The second-order valence-corrected chi connectivity index (χ2v) is 6.07. The molecule has 3 atom stereocenters. The molecule has 1 aliphatic rings. The highest BCUT2D eigenvalue weighted by Crippen LogP contribution is 2.19. The van der Waals surface area contributed by atoms with Crippen molar-refractivity contribution in [1.82, 2.24) is 5.32 Å². The zero-order valence-electron chi connectivity index (χ0n) is 14.2. The van der Waals surface area contributed by atoms with Crippen LogP contribution in [0.15, 0.2) is 24.3 Å². The number of amides is 1. The summed E-state index contributed by atoms with van der Waals surface area (Å²) < 4.78 is 10.9. The van der Waals surface area contributed by atoms with Gasteiger partial charge in [0.15, 0.2) is 0 Å². The van der Waals surface area contributed by atoms with Gasteiger partial charge in [0, 0.05) is 6.54 Å². The first-order valence-corrected chi connectivity index (χ1v) is 8.37. The van der Waals surface area contributed by atoms with Gasteiger partial charge in [0.05, 0.1) is 18.6 Å². The van der Waals surface area contributed by atoms with E-state index < -0.39 is 18.0 Å². The topological polar surface area (TPSA) is 84.9 Å². The molecule has 1 aromatic carbocycles. The molecule has 0 aromatic heterocycles. The summed E-state index contributed by atoms with van der Waals surface area (Å²) in [4.78, 5) is 23.5. The molecule has 1 amide bonds. The van der Waals surface area contributed by atoms with Gasteiger partial charge < -0.3 is 19.9 Å². The van der Waals surface area contributed by atoms with E-state index in [4.69, 9.17) is 9.47 Å². The third kappa shape index (κ3) is 5.23. The monoisotopic (exact) mass is 335 g/mol. The fraction of sp³-hybridized carbons (Fsp3) is 0.556. The van der Waals surface area contributed by atoms with E-state index in [2.05, 4.69) is 5.32 Å². The van der Waals surface area contributed by atoms with Crippen molar-refractivity contribution in [2.45, 2.75) is 45.3 Å². The van der Waals surface area contributed by atoms with Crippen molar-refractivity contribution in [1.29, 1.82) is 0 Å². The van der Waals surface area contributed by atoms with Gasteiger partial charge in [-0.2, -0.15) is 0 Å². The lowest BCUT2D eigenvalue weighted by molar-refractivity contribution is -0.142. The lowest BCUT2D eigenvalue weighted by atomic mass is 9.99. The van der Waals surface area contributed by atoms with Crippen molar-refractivity contribution in [3.8, 4) is 5.75 Å². The normalized spacial score (nSPS) is 21.2. The molecule has 1 fully saturated rings. The Morgan fingerprint density at radius 1 is 1.33 bits per heavy atom. The fourth-order valence-corrected chi connectivity index (χ4v) is 2.75. The number of benzene rings is 1. The van der Waals surface area contributed by atoms with Gasteiger partial charge in [0.25, 0.3) is 0 Å². The zero-order valence-corrected chi connectivity index (χ0v) is 14.2. The number of carboxylic acids is 1. The lowest BCUT2D eigenvalue weighted by Crippen LogP contribution is -2.39. The van der Waals surface area contributed by atoms with Gasteiger partial charge in [-0.25, -0.2) is 0 Å². The number of aliphatic carboxylic acids is 1. The minimum atomic E-state index is -0.926.